The zero-order valence-electron chi connectivity index (χ0n) is 10.6. The number of amides is 1. The molecule has 0 radical (unpaired) electrons. The van der Waals surface area contributed by atoms with Crippen molar-refractivity contribution < 1.29 is 13.7 Å². The lowest BCUT2D eigenvalue weighted by Gasteiger charge is -2.33. The summed E-state index contributed by atoms with van der Waals surface area (Å²) >= 11 is 0. The number of aromatic nitrogens is 1. The molecule has 1 saturated heterocycles. The lowest BCUT2D eigenvalue weighted by molar-refractivity contribution is 0.0645. The number of carbonyl (C=O) groups is 1. The number of nitrogens with zero attached hydrogens (tertiary/aromatic N) is 2. The van der Waals surface area contributed by atoms with Crippen LogP contribution in [0.4, 0.5) is 0 Å². The van der Waals surface area contributed by atoms with Crippen molar-refractivity contribution >= 4 is 5.91 Å². The van der Waals surface area contributed by atoms with Crippen LogP contribution in [-0.4, -0.2) is 41.6 Å². The highest BCUT2D eigenvalue weighted by Gasteiger charge is 2.26. The summed E-state index contributed by atoms with van der Waals surface area (Å²) in [7, 11) is 0. The van der Waals surface area contributed by atoms with Crippen LogP contribution in [0.3, 0.4) is 0 Å². The number of hydrogen-bond acceptors (Lipinski definition) is 5. The van der Waals surface area contributed by atoms with Gasteiger partial charge in [0.15, 0.2) is 11.5 Å². The number of furan rings is 1. The molecule has 1 aliphatic rings. The molecule has 1 fully saturated rings. The van der Waals surface area contributed by atoms with Crippen LogP contribution in [0.25, 0.3) is 11.5 Å². The fourth-order valence-electron chi connectivity index (χ4n) is 2.20. The summed E-state index contributed by atoms with van der Waals surface area (Å²) in [5.74, 6) is 0.937. The van der Waals surface area contributed by atoms with E-state index in [1.54, 1.807) is 29.4 Å². The maximum absolute atomic E-state index is 12.3. The lowest BCUT2D eigenvalue weighted by atomic mass is 10.2. The van der Waals surface area contributed by atoms with Gasteiger partial charge in [-0.25, -0.2) is 0 Å². The van der Waals surface area contributed by atoms with E-state index in [2.05, 4.69) is 10.5 Å². The Balaban J connectivity index is 1.80. The topological polar surface area (TPSA) is 71.5 Å². The molecule has 0 bridgehead atoms. The van der Waals surface area contributed by atoms with Crippen molar-refractivity contribution in [3.05, 3.63) is 30.2 Å². The summed E-state index contributed by atoms with van der Waals surface area (Å²) in [6, 6.07) is 5.31. The lowest BCUT2D eigenvalue weighted by Crippen LogP contribution is -2.52. The van der Waals surface area contributed by atoms with Gasteiger partial charge in [-0.1, -0.05) is 5.16 Å². The van der Waals surface area contributed by atoms with Crippen molar-refractivity contribution in [2.75, 3.05) is 19.6 Å². The van der Waals surface area contributed by atoms with Gasteiger partial charge >= 0.3 is 0 Å². The van der Waals surface area contributed by atoms with Crippen LogP contribution in [0, 0.1) is 0 Å². The van der Waals surface area contributed by atoms with Gasteiger partial charge in [0.1, 0.15) is 0 Å². The molecule has 19 heavy (non-hydrogen) atoms. The zero-order chi connectivity index (χ0) is 13.2. The number of rotatable bonds is 2. The highest BCUT2D eigenvalue weighted by atomic mass is 16.5. The fourth-order valence-corrected chi connectivity index (χ4v) is 2.20. The van der Waals surface area contributed by atoms with E-state index in [9.17, 15) is 4.79 Å². The number of hydrogen-bond donors (Lipinski definition) is 1. The number of piperazine rings is 1. The predicted molar refractivity (Wildman–Crippen MR) is 67.6 cm³/mol. The van der Waals surface area contributed by atoms with Crippen molar-refractivity contribution in [2.45, 2.75) is 13.0 Å². The Morgan fingerprint density at radius 1 is 1.53 bits per heavy atom. The van der Waals surface area contributed by atoms with E-state index >= 15 is 0 Å². The smallest absolute Gasteiger partial charge is 0.276 e. The third-order valence-corrected chi connectivity index (χ3v) is 3.26. The first-order chi connectivity index (χ1) is 9.25. The Kier molecular flexibility index (Phi) is 3.08. The Hall–Kier alpha value is -2.08. The van der Waals surface area contributed by atoms with Gasteiger partial charge in [0.05, 0.1) is 6.26 Å². The quantitative estimate of drug-likeness (QED) is 0.884. The normalized spacial score (nSPS) is 19.6. The van der Waals surface area contributed by atoms with E-state index < -0.39 is 0 Å². The maximum Gasteiger partial charge on any atom is 0.276 e. The molecule has 3 rings (SSSR count). The maximum atomic E-state index is 12.3. The van der Waals surface area contributed by atoms with Gasteiger partial charge in [0.2, 0.25) is 5.76 Å². The SMILES string of the molecule is CC1CNCCN1C(=O)c1cc(-c2ccco2)on1. The molecule has 0 spiro atoms. The molecule has 3 heterocycles. The minimum absolute atomic E-state index is 0.101. The van der Waals surface area contributed by atoms with Gasteiger partial charge in [-0.2, -0.15) is 0 Å². The minimum Gasteiger partial charge on any atom is -0.461 e. The Bertz CT molecular complexity index is 561. The summed E-state index contributed by atoms with van der Waals surface area (Å²) in [6.07, 6.45) is 1.55. The van der Waals surface area contributed by atoms with Gasteiger partial charge in [0.25, 0.3) is 5.91 Å². The Labute approximate surface area is 110 Å². The van der Waals surface area contributed by atoms with Crippen LogP contribution in [0.15, 0.2) is 33.4 Å². The van der Waals surface area contributed by atoms with Crippen LogP contribution in [0.2, 0.25) is 0 Å². The average Bonchev–Trinajstić information content (AvgIpc) is 3.09. The summed E-state index contributed by atoms with van der Waals surface area (Å²) in [5, 5.41) is 7.08. The van der Waals surface area contributed by atoms with Crippen molar-refractivity contribution in [1.82, 2.24) is 15.4 Å². The van der Waals surface area contributed by atoms with Crippen molar-refractivity contribution in [3.63, 3.8) is 0 Å². The fraction of sp³-hybridized carbons (Fsp3) is 0.385. The third kappa shape index (κ3) is 2.26. The molecule has 1 N–H and O–H groups in total. The molecular formula is C13H15N3O3. The highest BCUT2D eigenvalue weighted by Crippen LogP contribution is 2.21. The summed E-state index contributed by atoms with van der Waals surface area (Å²) in [6.45, 7) is 4.30. The van der Waals surface area contributed by atoms with Crippen molar-refractivity contribution in [3.8, 4) is 11.5 Å². The third-order valence-electron chi connectivity index (χ3n) is 3.26. The van der Waals surface area contributed by atoms with Crippen LogP contribution < -0.4 is 5.32 Å². The largest absolute Gasteiger partial charge is 0.461 e. The molecule has 1 atom stereocenters. The molecule has 2 aromatic heterocycles. The van der Waals surface area contributed by atoms with Gasteiger partial charge in [-0.05, 0) is 19.1 Å². The van der Waals surface area contributed by atoms with E-state index in [1.807, 2.05) is 6.92 Å². The molecule has 1 aliphatic heterocycles. The molecule has 100 valence electrons. The zero-order valence-corrected chi connectivity index (χ0v) is 10.6. The standard InChI is InChI=1S/C13H15N3O3/c1-9-8-14-4-5-16(9)13(17)10-7-12(19-15-10)11-3-2-6-18-11/h2-3,6-7,9,14H,4-5,8H2,1H3. The van der Waals surface area contributed by atoms with Crippen LogP contribution in [-0.2, 0) is 0 Å². The summed E-state index contributed by atoms with van der Waals surface area (Å²) < 4.78 is 10.4. The molecule has 1 amide bonds. The van der Waals surface area contributed by atoms with Gasteiger partial charge in [-0.3, -0.25) is 4.79 Å². The summed E-state index contributed by atoms with van der Waals surface area (Å²) in [4.78, 5) is 14.1. The first-order valence-corrected chi connectivity index (χ1v) is 6.28. The summed E-state index contributed by atoms with van der Waals surface area (Å²) in [5.41, 5.74) is 0.320. The van der Waals surface area contributed by atoms with E-state index in [1.165, 1.54) is 0 Å². The van der Waals surface area contributed by atoms with E-state index in [0.29, 0.717) is 23.8 Å². The van der Waals surface area contributed by atoms with Crippen LogP contribution >= 0.6 is 0 Å². The molecule has 0 saturated carbocycles. The molecular weight excluding hydrogens is 246 g/mol. The first-order valence-electron chi connectivity index (χ1n) is 6.28. The molecule has 0 aliphatic carbocycles. The minimum atomic E-state index is -0.101. The van der Waals surface area contributed by atoms with Crippen molar-refractivity contribution in [2.24, 2.45) is 0 Å². The predicted octanol–water partition coefficient (Wildman–Crippen LogP) is 1.37. The van der Waals surface area contributed by atoms with Gasteiger partial charge in [-0.15, -0.1) is 0 Å². The van der Waals surface area contributed by atoms with E-state index in [0.717, 1.165) is 13.1 Å². The second-order valence-electron chi connectivity index (χ2n) is 4.61. The Morgan fingerprint density at radius 2 is 2.42 bits per heavy atom. The second kappa shape index (κ2) is 4.89. The molecule has 2 aromatic rings. The van der Waals surface area contributed by atoms with E-state index in [4.69, 9.17) is 8.94 Å². The number of nitrogens with one attached hydrogen (secondary N) is 1. The number of carbonyl (C=O) groups excluding carboxylic acids is 1. The van der Waals surface area contributed by atoms with Crippen molar-refractivity contribution in [1.29, 1.82) is 0 Å². The van der Waals surface area contributed by atoms with Gasteiger partial charge in [0, 0.05) is 31.7 Å². The second-order valence-corrected chi connectivity index (χ2v) is 4.61. The molecule has 6 nitrogen and oxygen atoms in total. The molecule has 0 aromatic carbocycles. The average molecular weight is 261 g/mol. The molecule has 1 unspecified atom stereocenters. The Morgan fingerprint density at radius 3 is 3.16 bits per heavy atom. The van der Waals surface area contributed by atoms with Crippen LogP contribution in [0.1, 0.15) is 17.4 Å². The van der Waals surface area contributed by atoms with E-state index in [-0.39, 0.29) is 11.9 Å². The first kappa shape index (κ1) is 12.0. The monoisotopic (exact) mass is 261 g/mol. The highest BCUT2D eigenvalue weighted by molar-refractivity contribution is 5.93. The molecule has 6 heteroatoms. The van der Waals surface area contributed by atoms with Gasteiger partial charge < -0.3 is 19.2 Å². The van der Waals surface area contributed by atoms with Crippen LogP contribution in [0.5, 0.6) is 0 Å².